The third-order valence-corrected chi connectivity index (χ3v) is 5.04. The minimum absolute atomic E-state index is 0.0171. The fourth-order valence-corrected chi connectivity index (χ4v) is 3.45. The van der Waals surface area contributed by atoms with Crippen molar-refractivity contribution in [1.82, 2.24) is 15.0 Å². The van der Waals surface area contributed by atoms with Gasteiger partial charge >= 0.3 is 0 Å². The predicted octanol–water partition coefficient (Wildman–Crippen LogP) is 4.28. The zero-order chi connectivity index (χ0) is 18.4. The second-order valence-electron chi connectivity index (χ2n) is 5.72. The van der Waals surface area contributed by atoms with Gasteiger partial charge in [-0.2, -0.15) is 4.98 Å². The molecule has 0 aliphatic carbocycles. The summed E-state index contributed by atoms with van der Waals surface area (Å²) in [5, 5.41) is 4.50. The van der Waals surface area contributed by atoms with Gasteiger partial charge in [-0.1, -0.05) is 59.2 Å². The summed E-state index contributed by atoms with van der Waals surface area (Å²) in [5.41, 5.74) is 1.91. The number of nitrogens with zero attached hydrogens (tertiary/aromatic N) is 3. The molecule has 0 saturated carbocycles. The molecule has 26 heavy (non-hydrogen) atoms. The zero-order valence-electron chi connectivity index (χ0n) is 14.3. The van der Waals surface area contributed by atoms with Gasteiger partial charge in [-0.3, -0.25) is 4.79 Å². The molecule has 0 aliphatic rings. The number of carbonyl (C=O) groups excluding carboxylic acids is 1. The Bertz CT molecular complexity index is 870. The van der Waals surface area contributed by atoms with Crippen LogP contribution in [0.1, 0.15) is 11.5 Å². The average molecular weight is 388 g/mol. The SMILES string of the molecule is CN(Cc1nc(-c2ccccc2Cl)no1)C(=O)CSCc1ccccc1. The molecular weight excluding hydrogens is 370 g/mol. The summed E-state index contributed by atoms with van der Waals surface area (Å²) >= 11 is 7.73. The Labute approximate surface area is 161 Å². The van der Waals surface area contributed by atoms with Gasteiger partial charge in [-0.05, 0) is 17.7 Å². The first-order valence-corrected chi connectivity index (χ1v) is 9.60. The molecule has 0 saturated heterocycles. The Hall–Kier alpha value is -2.31. The van der Waals surface area contributed by atoms with E-state index in [4.69, 9.17) is 16.1 Å². The summed E-state index contributed by atoms with van der Waals surface area (Å²) in [5.74, 6) is 2.02. The molecule has 3 rings (SSSR count). The highest BCUT2D eigenvalue weighted by Gasteiger charge is 2.15. The highest BCUT2D eigenvalue weighted by molar-refractivity contribution is 7.99. The molecule has 5 nitrogen and oxygen atoms in total. The first kappa shape index (κ1) is 18.5. The topological polar surface area (TPSA) is 59.2 Å². The Kier molecular flexibility index (Phi) is 6.30. The van der Waals surface area contributed by atoms with E-state index in [0.29, 0.717) is 28.1 Å². The van der Waals surface area contributed by atoms with Crippen molar-refractivity contribution < 1.29 is 9.32 Å². The van der Waals surface area contributed by atoms with Gasteiger partial charge in [0.25, 0.3) is 0 Å². The number of benzene rings is 2. The van der Waals surface area contributed by atoms with Crippen molar-refractivity contribution in [3.05, 3.63) is 71.1 Å². The van der Waals surface area contributed by atoms with Gasteiger partial charge in [0, 0.05) is 18.4 Å². The van der Waals surface area contributed by atoms with Crippen LogP contribution in [-0.2, 0) is 17.1 Å². The molecule has 0 aliphatic heterocycles. The highest BCUT2D eigenvalue weighted by Crippen LogP contribution is 2.25. The van der Waals surface area contributed by atoms with Crippen molar-refractivity contribution in [2.45, 2.75) is 12.3 Å². The molecule has 1 aromatic heterocycles. The standard InChI is InChI=1S/C19H18ClN3O2S/c1-23(18(24)13-26-12-14-7-3-2-4-8-14)11-17-21-19(22-25-17)15-9-5-6-10-16(15)20/h2-10H,11-13H2,1H3. The van der Waals surface area contributed by atoms with Crippen LogP contribution in [0, 0.1) is 0 Å². The fourth-order valence-electron chi connectivity index (χ4n) is 2.30. The highest BCUT2D eigenvalue weighted by atomic mass is 35.5. The lowest BCUT2D eigenvalue weighted by Gasteiger charge is -2.14. The van der Waals surface area contributed by atoms with E-state index in [1.165, 1.54) is 5.56 Å². The third kappa shape index (κ3) is 4.86. The lowest BCUT2D eigenvalue weighted by molar-refractivity contribution is -0.127. The van der Waals surface area contributed by atoms with E-state index < -0.39 is 0 Å². The fraction of sp³-hybridized carbons (Fsp3) is 0.211. The number of amides is 1. The van der Waals surface area contributed by atoms with Gasteiger partial charge in [0.2, 0.25) is 17.6 Å². The summed E-state index contributed by atoms with van der Waals surface area (Å²) in [6.07, 6.45) is 0. The molecule has 7 heteroatoms. The number of hydrogen-bond donors (Lipinski definition) is 0. The molecule has 0 radical (unpaired) electrons. The predicted molar refractivity (Wildman–Crippen MR) is 104 cm³/mol. The number of rotatable bonds is 7. The van der Waals surface area contributed by atoms with E-state index in [-0.39, 0.29) is 12.5 Å². The lowest BCUT2D eigenvalue weighted by Crippen LogP contribution is -2.28. The maximum absolute atomic E-state index is 12.3. The zero-order valence-corrected chi connectivity index (χ0v) is 15.8. The van der Waals surface area contributed by atoms with Crippen LogP contribution in [0.15, 0.2) is 59.1 Å². The largest absolute Gasteiger partial charge is 0.337 e. The summed E-state index contributed by atoms with van der Waals surface area (Å²) in [4.78, 5) is 18.2. The Morgan fingerprint density at radius 3 is 2.65 bits per heavy atom. The molecule has 0 N–H and O–H groups in total. The van der Waals surface area contributed by atoms with Crippen molar-refractivity contribution in [1.29, 1.82) is 0 Å². The molecule has 2 aromatic carbocycles. The maximum Gasteiger partial charge on any atom is 0.246 e. The van der Waals surface area contributed by atoms with Gasteiger partial charge in [-0.15, -0.1) is 11.8 Å². The van der Waals surface area contributed by atoms with Crippen LogP contribution in [0.25, 0.3) is 11.4 Å². The van der Waals surface area contributed by atoms with Crippen molar-refractivity contribution in [2.75, 3.05) is 12.8 Å². The Balaban J connectivity index is 1.52. The Morgan fingerprint density at radius 1 is 1.15 bits per heavy atom. The van der Waals surface area contributed by atoms with E-state index >= 15 is 0 Å². The van der Waals surface area contributed by atoms with Crippen LogP contribution in [0.4, 0.5) is 0 Å². The summed E-state index contributed by atoms with van der Waals surface area (Å²) in [6, 6.07) is 17.4. The van der Waals surface area contributed by atoms with Crippen LogP contribution >= 0.6 is 23.4 Å². The molecule has 134 valence electrons. The van der Waals surface area contributed by atoms with E-state index in [0.717, 1.165) is 5.75 Å². The quantitative estimate of drug-likeness (QED) is 0.605. The van der Waals surface area contributed by atoms with Gasteiger partial charge in [0.05, 0.1) is 17.3 Å². The minimum atomic E-state index is 0.0171. The van der Waals surface area contributed by atoms with Gasteiger partial charge in [0.1, 0.15) is 0 Å². The maximum atomic E-state index is 12.3. The second-order valence-corrected chi connectivity index (χ2v) is 7.11. The van der Waals surface area contributed by atoms with E-state index in [9.17, 15) is 4.79 Å². The Morgan fingerprint density at radius 2 is 1.88 bits per heavy atom. The van der Waals surface area contributed by atoms with Gasteiger partial charge in [-0.25, -0.2) is 0 Å². The normalized spacial score (nSPS) is 10.7. The van der Waals surface area contributed by atoms with Crippen LogP contribution < -0.4 is 0 Å². The number of aromatic nitrogens is 2. The minimum Gasteiger partial charge on any atom is -0.337 e. The number of carbonyl (C=O) groups is 1. The van der Waals surface area contributed by atoms with Crippen LogP contribution in [-0.4, -0.2) is 33.7 Å². The van der Waals surface area contributed by atoms with E-state index in [2.05, 4.69) is 22.3 Å². The number of hydrogen-bond acceptors (Lipinski definition) is 5. The van der Waals surface area contributed by atoms with Crippen molar-refractivity contribution in [3.63, 3.8) is 0 Å². The molecule has 3 aromatic rings. The summed E-state index contributed by atoms with van der Waals surface area (Å²) < 4.78 is 5.25. The molecule has 0 spiro atoms. The molecule has 0 fully saturated rings. The first-order chi connectivity index (χ1) is 12.6. The third-order valence-electron chi connectivity index (χ3n) is 3.72. The monoisotopic (exact) mass is 387 g/mol. The van der Waals surface area contributed by atoms with Crippen molar-refractivity contribution in [2.24, 2.45) is 0 Å². The molecule has 1 amide bonds. The first-order valence-electron chi connectivity index (χ1n) is 8.06. The van der Waals surface area contributed by atoms with Crippen LogP contribution in [0.5, 0.6) is 0 Å². The number of thioether (sulfide) groups is 1. The second kappa shape index (κ2) is 8.87. The van der Waals surface area contributed by atoms with Crippen LogP contribution in [0.2, 0.25) is 5.02 Å². The molecule has 1 heterocycles. The van der Waals surface area contributed by atoms with E-state index in [1.807, 2.05) is 36.4 Å². The van der Waals surface area contributed by atoms with Crippen molar-refractivity contribution in [3.8, 4) is 11.4 Å². The smallest absolute Gasteiger partial charge is 0.246 e. The molecular formula is C19H18ClN3O2S. The molecule has 0 bridgehead atoms. The molecule has 0 atom stereocenters. The summed E-state index contributed by atoms with van der Waals surface area (Å²) in [7, 11) is 1.73. The van der Waals surface area contributed by atoms with E-state index in [1.54, 1.807) is 29.8 Å². The molecule has 0 unspecified atom stereocenters. The summed E-state index contributed by atoms with van der Waals surface area (Å²) in [6.45, 7) is 0.266. The van der Waals surface area contributed by atoms with Crippen LogP contribution in [0.3, 0.4) is 0 Å². The lowest BCUT2D eigenvalue weighted by atomic mass is 10.2. The van der Waals surface area contributed by atoms with Crippen molar-refractivity contribution >= 4 is 29.3 Å². The van der Waals surface area contributed by atoms with Gasteiger partial charge < -0.3 is 9.42 Å². The van der Waals surface area contributed by atoms with Gasteiger partial charge in [0.15, 0.2) is 0 Å². The average Bonchev–Trinajstić information content (AvgIpc) is 3.11. The number of halogens is 1.